The first-order chi connectivity index (χ1) is 19.3. The van der Waals surface area contributed by atoms with Crippen molar-refractivity contribution in [2.45, 2.75) is 71.7 Å². The molecule has 3 rings (SSSR count). The van der Waals surface area contributed by atoms with E-state index >= 15 is 0 Å². The molecule has 0 saturated heterocycles. The van der Waals surface area contributed by atoms with Gasteiger partial charge in [-0.25, -0.2) is 14.4 Å². The van der Waals surface area contributed by atoms with Crippen LogP contribution in [0, 0.1) is 25.6 Å². The normalized spacial score (nSPS) is 14.7. The van der Waals surface area contributed by atoms with Gasteiger partial charge in [-0.15, -0.1) is 13.2 Å². The van der Waals surface area contributed by atoms with Crippen LogP contribution >= 0.6 is 0 Å². The number of amides is 1. The van der Waals surface area contributed by atoms with Gasteiger partial charge in [0.25, 0.3) is 5.91 Å². The molecule has 2 N–H and O–H groups in total. The maximum atomic E-state index is 14.0. The predicted octanol–water partition coefficient (Wildman–Crippen LogP) is 6.67. The minimum Gasteiger partial charge on any atom is -0.406 e. The Morgan fingerprint density at radius 3 is 2.24 bits per heavy atom. The minimum absolute atomic E-state index is 0.0567. The van der Waals surface area contributed by atoms with Crippen LogP contribution in [0.5, 0.6) is 5.75 Å². The molecule has 1 aromatic heterocycles. The second kappa shape index (κ2) is 13.9. The summed E-state index contributed by atoms with van der Waals surface area (Å²) in [6.07, 6.45) is -1.35. The fourth-order valence-corrected chi connectivity index (χ4v) is 4.94. The average molecular weight is 575 g/mol. The largest absolute Gasteiger partial charge is 0.573 e. The lowest BCUT2D eigenvalue weighted by atomic mass is 9.79. The van der Waals surface area contributed by atoms with Crippen LogP contribution in [-0.2, 0) is 6.42 Å². The Bertz CT molecular complexity index is 1280. The molecule has 0 fully saturated rings. The van der Waals surface area contributed by atoms with Gasteiger partial charge in [0, 0.05) is 12.1 Å². The third-order valence-electron chi connectivity index (χ3n) is 7.64. The molecule has 1 amide bonds. The van der Waals surface area contributed by atoms with Gasteiger partial charge < -0.3 is 15.4 Å². The van der Waals surface area contributed by atoms with Crippen molar-refractivity contribution in [3.05, 3.63) is 88.8 Å². The summed E-state index contributed by atoms with van der Waals surface area (Å²) in [6, 6.07) is 12.3. The molecule has 0 spiro atoms. The number of aryl methyl sites for hydroxylation is 2. The van der Waals surface area contributed by atoms with Gasteiger partial charge in [-0.2, -0.15) is 0 Å². The maximum absolute atomic E-state index is 14.0. The van der Waals surface area contributed by atoms with Gasteiger partial charge in [-0.3, -0.25) is 4.79 Å². The van der Waals surface area contributed by atoms with E-state index in [1.807, 2.05) is 19.9 Å². The number of nitrogens with one attached hydrogen (secondary N) is 2. The van der Waals surface area contributed by atoms with E-state index < -0.39 is 11.9 Å². The Balaban J connectivity index is 1.78. The predicted molar refractivity (Wildman–Crippen MR) is 150 cm³/mol. The zero-order valence-corrected chi connectivity index (χ0v) is 24.1. The van der Waals surface area contributed by atoms with Crippen molar-refractivity contribution in [3.8, 4) is 5.75 Å². The number of hydrogen-bond acceptors (Lipinski definition) is 5. The van der Waals surface area contributed by atoms with Crippen LogP contribution in [0.15, 0.2) is 54.9 Å². The van der Waals surface area contributed by atoms with Gasteiger partial charge in [0.05, 0.1) is 17.0 Å². The fourth-order valence-electron chi connectivity index (χ4n) is 4.94. The van der Waals surface area contributed by atoms with Crippen molar-refractivity contribution in [3.63, 3.8) is 0 Å². The number of carbonyl (C=O) groups is 1. The number of halogens is 4. The molecule has 0 aliphatic carbocycles. The van der Waals surface area contributed by atoms with Crippen LogP contribution in [0.1, 0.15) is 72.4 Å². The molecule has 6 nitrogen and oxygen atoms in total. The van der Waals surface area contributed by atoms with Crippen LogP contribution < -0.4 is 15.4 Å². The number of aromatic nitrogens is 2. The first-order valence-corrected chi connectivity index (χ1v) is 13.8. The van der Waals surface area contributed by atoms with E-state index in [0.717, 1.165) is 24.0 Å². The monoisotopic (exact) mass is 574 g/mol. The number of benzene rings is 2. The zero-order chi connectivity index (χ0) is 30.2. The molecule has 41 heavy (non-hydrogen) atoms. The molecule has 10 heteroatoms. The van der Waals surface area contributed by atoms with E-state index in [4.69, 9.17) is 0 Å². The standard InChI is InChI=1S/C31H38F4N4O2/c1-6-23(17-39-30(5,7-2)18-36-29(40)28-20(3)37-19-38-21(28)4)27(16-22-9-8-10-25(32)15-22)24-11-13-26(14-12-24)41-31(33,34)35/h8-15,19,23,27,39H,6-7,16-18H2,1-5H3,(H,36,40). The maximum Gasteiger partial charge on any atom is 0.573 e. The minimum atomic E-state index is -4.77. The number of ether oxygens (including phenoxy) is 1. The number of hydrogen-bond donors (Lipinski definition) is 2. The Labute approximate surface area is 238 Å². The number of alkyl halides is 3. The van der Waals surface area contributed by atoms with Gasteiger partial charge in [0.1, 0.15) is 17.9 Å². The topological polar surface area (TPSA) is 76.1 Å². The van der Waals surface area contributed by atoms with Crippen LogP contribution in [0.25, 0.3) is 0 Å². The third-order valence-corrected chi connectivity index (χ3v) is 7.64. The highest BCUT2D eigenvalue weighted by atomic mass is 19.4. The molecular formula is C31H38F4N4O2. The van der Waals surface area contributed by atoms with Crippen molar-refractivity contribution in [1.82, 2.24) is 20.6 Å². The summed E-state index contributed by atoms with van der Waals surface area (Å²) in [7, 11) is 0. The molecule has 222 valence electrons. The summed E-state index contributed by atoms with van der Waals surface area (Å²) in [5.74, 6) is -0.928. The molecule has 3 atom stereocenters. The molecule has 3 unspecified atom stereocenters. The van der Waals surface area contributed by atoms with Gasteiger partial charge in [-0.05, 0) is 87.4 Å². The van der Waals surface area contributed by atoms with Crippen LogP contribution in [-0.4, -0.2) is 40.9 Å². The lowest BCUT2D eigenvalue weighted by Gasteiger charge is -2.35. The summed E-state index contributed by atoms with van der Waals surface area (Å²) in [6.45, 7) is 10.6. The van der Waals surface area contributed by atoms with Crippen molar-refractivity contribution in [2.24, 2.45) is 5.92 Å². The summed E-state index contributed by atoms with van der Waals surface area (Å²) in [4.78, 5) is 21.2. The van der Waals surface area contributed by atoms with Crippen LogP contribution in [0.2, 0.25) is 0 Å². The highest BCUT2D eigenvalue weighted by Gasteiger charge is 2.32. The summed E-state index contributed by atoms with van der Waals surface area (Å²) in [5, 5.41) is 6.65. The van der Waals surface area contributed by atoms with Gasteiger partial charge >= 0.3 is 6.36 Å². The molecule has 0 bridgehead atoms. The van der Waals surface area contributed by atoms with E-state index in [-0.39, 0.29) is 29.3 Å². The summed E-state index contributed by atoms with van der Waals surface area (Å²) >= 11 is 0. The van der Waals surface area contributed by atoms with E-state index in [1.165, 1.54) is 30.6 Å². The lowest BCUT2D eigenvalue weighted by Crippen LogP contribution is -2.52. The second-order valence-corrected chi connectivity index (χ2v) is 10.6. The molecule has 0 aliphatic rings. The first-order valence-electron chi connectivity index (χ1n) is 13.8. The highest BCUT2D eigenvalue weighted by molar-refractivity contribution is 5.96. The SMILES string of the molecule is CCC(CNC(C)(CC)CNC(=O)c1c(C)ncnc1C)C(Cc1cccc(F)c1)c1ccc(OC(F)(F)F)cc1. The Morgan fingerprint density at radius 1 is 1.02 bits per heavy atom. The van der Waals surface area contributed by atoms with Crippen LogP contribution in [0.4, 0.5) is 17.6 Å². The fraction of sp³-hybridized carbons (Fsp3) is 0.452. The number of rotatable bonds is 13. The van der Waals surface area contributed by atoms with E-state index in [0.29, 0.717) is 36.5 Å². The quantitative estimate of drug-likeness (QED) is 0.223. The Morgan fingerprint density at radius 2 is 1.68 bits per heavy atom. The second-order valence-electron chi connectivity index (χ2n) is 10.6. The van der Waals surface area contributed by atoms with Gasteiger partial charge in [0.15, 0.2) is 0 Å². The number of carbonyl (C=O) groups excluding carboxylic acids is 1. The Hall–Kier alpha value is -3.53. The van der Waals surface area contributed by atoms with Crippen molar-refractivity contribution >= 4 is 5.91 Å². The van der Waals surface area contributed by atoms with Gasteiger partial charge in [0.2, 0.25) is 0 Å². The lowest BCUT2D eigenvalue weighted by molar-refractivity contribution is -0.274. The zero-order valence-electron chi connectivity index (χ0n) is 24.1. The molecule has 0 saturated carbocycles. The molecular weight excluding hydrogens is 536 g/mol. The first kappa shape index (κ1) is 32.0. The van der Waals surface area contributed by atoms with E-state index in [1.54, 1.807) is 32.0 Å². The van der Waals surface area contributed by atoms with Crippen LogP contribution in [0.3, 0.4) is 0 Å². The molecule has 0 radical (unpaired) electrons. The van der Waals surface area contributed by atoms with Gasteiger partial charge in [-0.1, -0.05) is 44.5 Å². The highest BCUT2D eigenvalue weighted by Crippen LogP contribution is 2.33. The van der Waals surface area contributed by atoms with Crippen molar-refractivity contribution in [2.75, 3.05) is 13.1 Å². The summed E-state index contributed by atoms with van der Waals surface area (Å²) in [5.41, 5.74) is 2.88. The summed E-state index contributed by atoms with van der Waals surface area (Å²) < 4.78 is 56.2. The smallest absolute Gasteiger partial charge is 0.406 e. The molecule has 3 aromatic rings. The van der Waals surface area contributed by atoms with Crippen molar-refractivity contribution in [1.29, 1.82) is 0 Å². The van der Waals surface area contributed by atoms with Crippen molar-refractivity contribution < 1.29 is 27.1 Å². The molecule has 2 aromatic carbocycles. The van der Waals surface area contributed by atoms with E-state index in [2.05, 4.69) is 32.3 Å². The molecule has 0 aliphatic heterocycles. The molecule has 1 heterocycles. The third kappa shape index (κ3) is 9.24. The Kier molecular flexibility index (Phi) is 10.8. The number of nitrogens with zero attached hydrogens (tertiary/aromatic N) is 2. The average Bonchev–Trinajstić information content (AvgIpc) is 2.91. The van der Waals surface area contributed by atoms with E-state index in [9.17, 15) is 22.4 Å².